The van der Waals surface area contributed by atoms with Crippen LogP contribution in [0.15, 0.2) is 18.5 Å². The first-order valence-corrected chi connectivity index (χ1v) is 5.37. The van der Waals surface area contributed by atoms with Crippen LogP contribution in [0.5, 0.6) is 0 Å². The third-order valence-corrected chi connectivity index (χ3v) is 2.38. The lowest BCUT2D eigenvalue weighted by Gasteiger charge is -2.04. The van der Waals surface area contributed by atoms with E-state index < -0.39 is 5.91 Å². The highest BCUT2D eigenvalue weighted by Crippen LogP contribution is 2.02. The summed E-state index contributed by atoms with van der Waals surface area (Å²) >= 11 is 0. The van der Waals surface area contributed by atoms with E-state index in [2.05, 4.69) is 25.7 Å². The molecule has 18 heavy (non-hydrogen) atoms. The summed E-state index contributed by atoms with van der Waals surface area (Å²) in [6.07, 6.45) is 2.37. The highest BCUT2D eigenvalue weighted by molar-refractivity contribution is 5.90. The number of nitrogens with one attached hydrogen (secondary N) is 1. The minimum atomic E-state index is -0.590. The maximum Gasteiger partial charge on any atom is 0.269 e. The Labute approximate surface area is 103 Å². The largest absolute Gasteiger partial charge is 0.368 e. The lowest BCUT2D eigenvalue weighted by atomic mass is 10.3. The van der Waals surface area contributed by atoms with Crippen LogP contribution in [0.25, 0.3) is 0 Å². The first kappa shape index (κ1) is 12.0. The molecule has 0 atom stereocenters. The van der Waals surface area contributed by atoms with Crippen molar-refractivity contribution in [2.24, 2.45) is 12.8 Å². The van der Waals surface area contributed by atoms with Gasteiger partial charge in [0.05, 0.1) is 0 Å². The van der Waals surface area contributed by atoms with E-state index >= 15 is 0 Å². The molecule has 0 aromatic carbocycles. The Kier molecular flexibility index (Phi) is 3.46. The van der Waals surface area contributed by atoms with E-state index in [9.17, 15) is 4.79 Å². The Morgan fingerprint density at radius 1 is 1.39 bits per heavy atom. The van der Waals surface area contributed by atoms with Crippen LogP contribution >= 0.6 is 0 Å². The summed E-state index contributed by atoms with van der Waals surface area (Å²) in [7, 11) is 1.89. The van der Waals surface area contributed by atoms with Gasteiger partial charge in [-0.1, -0.05) is 0 Å². The van der Waals surface area contributed by atoms with E-state index in [0.29, 0.717) is 12.4 Å². The molecular weight excluding hydrogens is 234 g/mol. The van der Waals surface area contributed by atoms with E-state index in [-0.39, 0.29) is 5.69 Å². The summed E-state index contributed by atoms with van der Waals surface area (Å²) in [5.41, 5.74) is 5.21. The van der Waals surface area contributed by atoms with Crippen molar-refractivity contribution in [2.75, 3.05) is 11.9 Å². The van der Waals surface area contributed by atoms with Crippen molar-refractivity contribution in [3.05, 3.63) is 30.0 Å². The van der Waals surface area contributed by atoms with Crippen LogP contribution in [0.3, 0.4) is 0 Å². The number of nitrogens with two attached hydrogens (primary N) is 1. The summed E-state index contributed by atoms with van der Waals surface area (Å²) < 4.78 is 1.85. The first-order valence-electron chi connectivity index (χ1n) is 5.37. The van der Waals surface area contributed by atoms with Crippen molar-refractivity contribution in [3.8, 4) is 0 Å². The molecule has 0 spiro atoms. The van der Waals surface area contributed by atoms with Gasteiger partial charge in [-0.25, -0.2) is 0 Å². The number of aromatic nitrogens is 5. The van der Waals surface area contributed by atoms with Crippen molar-refractivity contribution in [1.82, 2.24) is 25.0 Å². The quantitative estimate of drug-likeness (QED) is 0.726. The van der Waals surface area contributed by atoms with Gasteiger partial charge in [0.25, 0.3) is 5.91 Å². The van der Waals surface area contributed by atoms with Crippen LogP contribution in [0, 0.1) is 0 Å². The number of nitrogens with zero attached hydrogens (tertiary/aromatic N) is 5. The molecule has 8 heteroatoms. The molecule has 0 saturated heterocycles. The summed E-state index contributed by atoms with van der Waals surface area (Å²) in [6.45, 7) is 0.650. The van der Waals surface area contributed by atoms with Crippen LogP contribution in [-0.2, 0) is 13.5 Å². The SMILES string of the molecule is Cn1cnnc1CCNc1ccc(C(N)=O)nn1. The van der Waals surface area contributed by atoms with Gasteiger partial charge in [-0.2, -0.15) is 0 Å². The van der Waals surface area contributed by atoms with Gasteiger partial charge in [0.15, 0.2) is 5.69 Å². The van der Waals surface area contributed by atoms with Gasteiger partial charge in [-0.15, -0.1) is 20.4 Å². The van der Waals surface area contributed by atoms with E-state index in [0.717, 1.165) is 12.2 Å². The van der Waals surface area contributed by atoms with Gasteiger partial charge in [-0.3, -0.25) is 4.79 Å². The molecule has 0 aliphatic rings. The predicted molar refractivity (Wildman–Crippen MR) is 63.7 cm³/mol. The number of hydrogen-bond acceptors (Lipinski definition) is 6. The standard InChI is InChI=1S/C10H13N7O/c1-17-6-13-16-9(17)4-5-12-8-3-2-7(10(11)18)14-15-8/h2-3,6H,4-5H2,1H3,(H2,11,18)(H,12,15). The van der Waals surface area contributed by atoms with E-state index in [1.165, 1.54) is 6.07 Å². The van der Waals surface area contributed by atoms with Gasteiger partial charge in [0.1, 0.15) is 18.0 Å². The first-order chi connectivity index (χ1) is 8.66. The number of carbonyl (C=O) groups is 1. The second kappa shape index (κ2) is 5.21. The zero-order valence-corrected chi connectivity index (χ0v) is 9.87. The third-order valence-electron chi connectivity index (χ3n) is 2.38. The molecule has 94 valence electrons. The minimum absolute atomic E-state index is 0.147. The minimum Gasteiger partial charge on any atom is -0.368 e. The highest BCUT2D eigenvalue weighted by atomic mass is 16.1. The van der Waals surface area contributed by atoms with Crippen LogP contribution < -0.4 is 11.1 Å². The number of hydrogen-bond donors (Lipinski definition) is 2. The van der Waals surface area contributed by atoms with Gasteiger partial charge >= 0.3 is 0 Å². The van der Waals surface area contributed by atoms with Crippen LogP contribution in [0.4, 0.5) is 5.82 Å². The molecule has 2 heterocycles. The van der Waals surface area contributed by atoms with Crippen molar-refractivity contribution in [3.63, 3.8) is 0 Å². The third kappa shape index (κ3) is 2.78. The van der Waals surface area contributed by atoms with Gasteiger partial charge in [-0.05, 0) is 12.1 Å². The maximum absolute atomic E-state index is 10.8. The molecule has 0 saturated carbocycles. The van der Waals surface area contributed by atoms with Crippen LogP contribution in [0.2, 0.25) is 0 Å². The number of primary amides is 1. The number of amides is 1. The fraction of sp³-hybridized carbons (Fsp3) is 0.300. The van der Waals surface area contributed by atoms with Crippen molar-refractivity contribution in [2.45, 2.75) is 6.42 Å². The molecule has 8 nitrogen and oxygen atoms in total. The Morgan fingerprint density at radius 3 is 2.78 bits per heavy atom. The molecule has 0 radical (unpaired) electrons. The van der Waals surface area contributed by atoms with E-state index in [4.69, 9.17) is 5.73 Å². The average molecular weight is 247 g/mol. The molecule has 2 aromatic rings. The summed E-state index contributed by atoms with van der Waals surface area (Å²) in [4.78, 5) is 10.8. The molecule has 2 aromatic heterocycles. The van der Waals surface area contributed by atoms with Crippen LogP contribution in [-0.4, -0.2) is 37.4 Å². The summed E-state index contributed by atoms with van der Waals surface area (Å²) in [6, 6.07) is 3.18. The second-order valence-corrected chi connectivity index (χ2v) is 3.70. The van der Waals surface area contributed by atoms with E-state index in [1.807, 2.05) is 11.6 Å². The number of aryl methyl sites for hydroxylation is 1. The summed E-state index contributed by atoms with van der Waals surface area (Å²) in [5, 5.41) is 18.3. The molecule has 0 unspecified atom stereocenters. The fourth-order valence-electron chi connectivity index (χ4n) is 1.39. The van der Waals surface area contributed by atoms with E-state index in [1.54, 1.807) is 12.4 Å². The summed E-state index contributed by atoms with van der Waals surface area (Å²) in [5.74, 6) is 0.875. The molecule has 1 amide bonds. The van der Waals surface area contributed by atoms with Gasteiger partial charge in [0, 0.05) is 20.0 Å². The Balaban J connectivity index is 1.87. The maximum atomic E-state index is 10.8. The smallest absolute Gasteiger partial charge is 0.269 e. The lowest BCUT2D eigenvalue weighted by molar-refractivity contribution is 0.0994. The van der Waals surface area contributed by atoms with Gasteiger partial charge in [0.2, 0.25) is 0 Å². The van der Waals surface area contributed by atoms with Gasteiger partial charge < -0.3 is 15.6 Å². The Morgan fingerprint density at radius 2 is 2.22 bits per heavy atom. The predicted octanol–water partition coefficient (Wildman–Crippen LogP) is -0.641. The van der Waals surface area contributed by atoms with Crippen molar-refractivity contribution < 1.29 is 4.79 Å². The van der Waals surface area contributed by atoms with Crippen molar-refractivity contribution >= 4 is 11.7 Å². The fourth-order valence-corrected chi connectivity index (χ4v) is 1.39. The Hall–Kier alpha value is -2.51. The molecule has 3 N–H and O–H groups in total. The van der Waals surface area contributed by atoms with Crippen LogP contribution in [0.1, 0.15) is 16.3 Å². The molecule has 0 aliphatic carbocycles. The zero-order chi connectivity index (χ0) is 13.0. The highest BCUT2D eigenvalue weighted by Gasteiger charge is 2.03. The number of carbonyl (C=O) groups excluding carboxylic acids is 1. The molecule has 2 rings (SSSR count). The normalized spacial score (nSPS) is 10.3. The van der Waals surface area contributed by atoms with Crippen molar-refractivity contribution in [1.29, 1.82) is 0 Å². The molecule has 0 aliphatic heterocycles. The molecule has 0 fully saturated rings. The monoisotopic (exact) mass is 247 g/mol. The second-order valence-electron chi connectivity index (χ2n) is 3.70. The zero-order valence-electron chi connectivity index (χ0n) is 9.87. The number of anilines is 1. The molecule has 0 bridgehead atoms. The Bertz CT molecular complexity index is 533. The lowest BCUT2D eigenvalue weighted by Crippen LogP contribution is -2.15. The average Bonchev–Trinajstić information content (AvgIpc) is 2.76. The molecular formula is C10H13N7O. The number of rotatable bonds is 5. The topological polar surface area (TPSA) is 112 Å².